The highest BCUT2D eigenvalue weighted by Crippen LogP contribution is 2.26. The number of hydrogen-bond acceptors (Lipinski definition) is 13. The van der Waals surface area contributed by atoms with Crippen LogP contribution in [0.1, 0.15) is 188 Å². The summed E-state index contributed by atoms with van der Waals surface area (Å²) in [5.74, 6) is -8.92. The Morgan fingerprint density at radius 3 is 1.28 bits per heavy atom. The number of carbonyl (C=O) groups is 12. The molecule has 0 aliphatic carbocycles. The number of hydrogen-bond donors (Lipinski definition) is 5. The molecule has 0 radical (unpaired) electrons. The summed E-state index contributed by atoms with van der Waals surface area (Å²) in [7, 11) is 11.6. The van der Waals surface area contributed by atoms with Crippen molar-refractivity contribution in [3.8, 4) is 0 Å². The molecule has 0 aromatic rings. The smallest absolute Gasteiger partial charge is 0.248 e. The molecule has 93 heavy (non-hydrogen) atoms. The summed E-state index contributed by atoms with van der Waals surface area (Å²) in [4.78, 5) is 183. The van der Waals surface area contributed by atoms with Crippen molar-refractivity contribution in [3.05, 3.63) is 0 Å². The van der Waals surface area contributed by atoms with Gasteiger partial charge in [-0.1, -0.05) is 123 Å². The fraction of sp³-hybridized carbons (Fsp3) is 0.824. The van der Waals surface area contributed by atoms with Crippen LogP contribution in [0.25, 0.3) is 0 Å². The second kappa shape index (κ2) is 40.1. The Labute approximate surface area is 557 Å². The second-order valence-corrected chi connectivity index (χ2v) is 28.6. The van der Waals surface area contributed by atoms with E-state index in [1.54, 1.807) is 34.6 Å². The molecule has 0 aromatic heterocycles. The van der Waals surface area contributed by atoms with E-state index in [2.05, 4.69) is 26.6 Å². The lowest BCUT2D eigenvalue weighted by Gasteiger charge is -2.41. The van der Waals surface area contributed by atoms with E-state index in [0.717, 1.165) is 25.7 Å². The summed E-state index contributed by atoms with van der Waals surface area (Å²) in [6, 6.07) is -13.2. The van der Waals surface area contributed by atoms with E-state index in [0.29, 0.717) is 13.0 Å². The van der Waals surface area contributed by atoms with E-state index in [-0.39, 0.29) is 80.6 Å². The molecule has 1 aliphatic heterocycles. The first-order valence-electron chi connectivity index (χ1n) is 33.9. The van der Waals surface area contributed by atoms with Gasteiger partial charge in [0, 0.05) is 69.9 Å². The lowest BCUT2D eigenvalue weighted by molar-refractivity contribution is -0.156. The molecule has 5 N–H and O–H groups in total. The molecule has 12 atom stereocenters. The molecule has 12 amide bonds. The van der Waals surface area contributed by atoms with Gasteiger partial charge in [0.25, 0.3) is 0 Å². The summed E-state index contributed by atoms with van der Waals surface area (Å²) >= 11 is 0. The maximum atomic E-state index is 15.4. The van der Waals surface area contributed by atoms with E-state index < -0.39 is 143 Å². The first-order valence-corrected chi connectivity index (χ1v) is 33.9. The Kier molecular flexibility index (Phi) is 36.5. The molecule has 0 saturated carbocycles. The Hall–Kier alpha value is -6.40. The van der Waals surface area contributed by atoms with Crippen molar-refractivity contribution in [1.29, 1.82) is 0 Å². The standard InChI is InChI=1S/C68H124N12O13/c1-26-49-63(87)79(23)55(38-93-25)66(90)74(18)51(34-40(4)5)61(85)73-56(43(10)11)67(91)75(19)50(33-39(2)3)59(83)70-46(15)58(82)71-47(16)62(86)77(21)53(35-41(6)7)64(88)78(22)54(36-42(8)9)65(89)80(24)57(44(12)13)68(92)76(20)52(60(84)72-49)37-45(14)31-29-27-28-30-32-69-48(17)81/h39-47,49-57H,26-38H2,1-25H3,(H,69,81)(H,70,83)(H,71,82)(H,72,84)(H,73,85)/t45-,46-,47+,49+,50-,51+,52?,53?,54+,55-,56-,57+/m1/s1. The predicted octanol–water partition coefficient (Wildman–Crippen LogP) is 4.43. The average molecular weight is 1320 g/mol. The van der Waals surface area contributed by atoms with Crippen LogP contribution < -0.4 is 26.6 Å². The van der Waals surface area contributed by atoms with E-state index in [9.17, 15) is 38.4 Å². The highest BCUT2D eigenvalue weighted by molar-refractivity contribution is 6.00. The van der Waals surface area contributed by atoms with Crippen LogP contribution in [0.2, 0.25) is 0 Å². The van der Waals surface area contributed by atoms with Crippen molar-refractivity contribution in [1.82, 2.24) is 60.9 Å². The molecule has 2 unspecified atom stereocenters. The van der Waals surface area contributed by atoms with Gasteiger partial charge in [0.15, 0.2) is 0 Å². The molecule has 1 aliphatic rings. The van der Waals surface area contributed by atoms with Crippen LogP contribution in [0, 0.1) is 41.4 Å². The number of carbonyl (C=O) groups excluding carboxylic acids is 12. The Bertz CT molecular complexity index is 2490. The topological polar surface area (TPSA) is 297 Å². The molecule has 0 bridgehead atoms. The Morgan fingerprint density at radius 2 is 0.817 bits per heavy atom. The van der Waals surface area contributed by atoms with Crippen molar-refractivity contribution in [2.24, 2.45) is 41.4 Å². The van der Waals surface area contributed by atoms with Crippen LogP contribution in [0.15, 0.2) is 0 Å². The van der Waals surface area contributed by atoms with Crippen molar-refractivity contribution < 1.29 is 62.3 Å². The number of rotatable bonds is 22. The monoisotopic (exact) mass is 1320 g/mol. The van der Waals surface area contributed by atoms with Crippen LogP contribution in [0.4, 0.5) is 0 Å². The lowest BCUT2D eigenvalue weighted by atomic mass is 9.92. The SMILES string of the molecule is CC[C@@H]1NC(=O)C(C[C@H](C)CCCCCCNC(C)=O)N(C)C(=O)[C@H](C(C)C)N(C)C(=O)[C@H](CC(C)C)N(C)C(=O)C(CC(C)C)N(C)C(=O)[C@H](C)NC(=O)[C@@H](C)NC(=O)[C@@H](CC(C)C)N(C)C(=O)[C@@H](C(C)C)NC(=O)[C@H](CC(C)C)N(C)C(=O)[C@@H](COC)N(C)C1=O. The molecule has 0 aromatic carbocycles. The molecular weight excluding hydrogens is 1190 g/mol. The number of nitrogens with zero attached hydrogens (tertiary/aromatic N) is 7. The predicted molar refractivity (Wildman–Crippen MR) is 360 cm³/mol. The van der Waals surface area contributed by atoms with Crippen LogP contribution in [0.3, 0.4) is 0 Å². The maximum Gasteiger partial charge on any atom is 0.248 e. The molecule has 1 rings (SSSR count). The molecule has 0 spiro atoms. The minimum Gasteiger partial charge on any atom is -0.382 e. The Balaban J connectivity index is 4.39. The zero-order valence-electron chi connectivity index (χ0n) is 61.5. The quantitative estimate of drug-likeness (QED) is 0.0939. The summed E-state index contributed by atoms with van der Waals surface area (Å²) in [5.41, 5.74) is 0. The lowest BCUT2D eigenvalue weighted by Crippen LogP contribution is -2.62. The number of likely N-dealkylation sites (N-methyl/N-ethyl adjacent to an activating group) is 7. The minimum absolute atomic E-state index is 0.0541. The van der Waals surface area contributed by atoms with Gasteiger partial charge in [-0.25, -0.2) is 0 Å². The van der Waals surface area contributed by atoms with Crippen LogP contribution in [-0.4, -0.2) is 241 Å². The van der Waals surface area contributed by atoms with Crippen LogP contribution in [0.5, 0.6) is 0 Å². The molecule has 25 heteroatoms. The van der Waals surface area contributed by atoms with Gasteiger partial charge < -0.3 is 65.6 Å². The third-order valence-corrected chi connectivity index (χ3v) is 17.8. The van der Waals surface area contributed by atoms with E-state index in [1.165, 1.54) is 112 Å². The van der Waals surface area contributed by atoms with E-state index >= 15 is 19.2 Å². The fourth-order valence-corrected chi connectivity index (χ4v) is 12.0. The van der Waals surface area contributed by atoms with Crippen LogP contribution >= 0.6 is 0 Å². The van der Waals surface area contributed by atoms with Gasteiger partial charge in [-0.05, 0) is 100 Å². The van der Waals surface area contributed by atoms with Gasteiger partial charge in [0.1, 0.15) is 66.5 Å². The van der Waals surface area contributed by atoms with Gasteiger partial charge in [-0.2, -0.15) is 0 Å². The number of ether oxygens (including phenoxy) is 1. The van der Waals surface area contributed by atoms with Crippen molar-refractivity contribution in [2.75, 3.05) is 69.6 Å². The fourth-order valence-electron chi connectivity index (χ4n) is 12.0. The van der Waals surface area contributed by atoms with Crippen LogP contribution in [-0.2, 0) is 62.3 Å². The first-order chi connectivity index (χ1) is 43.1. The summed E-state index contributed by atoms with van der Waals surface area (Å²) in [5, 5.41) is 14.0. The van der Waals surface area contributed by atoms with E-state index in [1.807, 2.05) is 62.3 Å². The number of nitrogens with one attached hydrogen (secondary N) is 5. The largest absolute Gasteiger partial charge is 0.382 e. The molecule has 25 nitrogen and oxygen atoms in total. The van der Waals surface area contributed by atoms with Gasteiger partial charge in [0.05, 0.1) is 6.61 Å². The maximum absolute atomic E-state index is 15.4. The number of unbranched alkanes of at least 4 members (excludes halogenated alkanes) is 3. The third-order valence-electron chi connectivity index (χ3n) is 17.8. The normalized spacial score (nSPS) is 25.9. The zero-order chi connectivity index (χ0) is 71.8. The van der Waals surface area contributed by atoms with Crippen molar-refractivity contribution >= 4 is 70.9 Å². The average Bonchev–Trinajstić information content (AvgIpc) is 0.851. The molecular formula is C68H124N12O13. The van der Waals surface area contributed by atoms with Crippen molar-refractivity contribution in [2.45, 2.75) is 255 Å². The van der Waals surface area contributed by atoms with E-state index in [4.69, 9.17) is 4.74 Å². The Morgan fingerprint density at radius 1 is 0.430 bits per heavy atom. The summed E-state index contributed by atoms with van der Waals surface area (Å²) < 4.78 is 5.56. The molecule has 534 valence electrons. The second-order valence-electron chi connectivity index (χ2n) is 28.6. The first kappa shape index (κ1) is 84.6. The number of amides is 12. The minimum atomic E-state index is -1.33. The van der Waals surface area contributed by atoms with Gasteiger partial charge >= 0.3 is 0 Å². The van der Waals surface area contributed by atoms with Gasteiger partial charge in [-0.15, -0.1) is 0 Å². The molecule has 1 heterocycles. The molecule has 1 fully saturated rings. The highest BCUT2D eigenvalue weighted by Gasteiger charge is 2.45. The molecule has 1 saturated heterocycles. The highest BCUT2D eigenvalue weighted by atomic mass is 16.5. The summed E-state index contributed by atoms with van der Waals surface area (Å²) in [6.07, 6.45) is 4.79. The van der Waals surface area contributed by atoms with Crippen molar-refractivity contribution in [3.63, 3.8) is 0 Å². The zero-order valence-corrected chi connectivity index (χ0v) is 61.5. The summed E-state index contributed by atoms with van der Waals surface area (Å²) in [6.45, 7) is 30.3. The third kappa shape index (κ3) is 25.7. The van der Waals surface area contributed by atoms with Gasteiger partial charge in [0.2, 0.25) is 70.9 Å². The number of methoxy groups -OCH3 is 1. The van der Waals surface area contributed by atoms with Gasteiger partial charge in [-0.3, -0.25) is 57.5 Å².